The van der Waals surface area contributed by atoms with Crippen LogP contribution in [0.2, 0.25) is 0 Å². The van der Waals surface area contributed by atoms with Gasteiger partial charge in [-0.2, -0.15) is 0 Å². The third-order valence-electron chi connectivity index (χ3n) is 4.94. The Kier molecular flexibility index (Phi) is 3.38. The van der Waals surface area contributed by atoms with E-state index in [1.54, 1.807) is 0 Å². The maximum absolute atomic E-state index is 12.1. The Morgan fingerprint density at radius 2 is 1.86 bits per heavy atom. The van der Waals surface area contributed by atoms with Gasteiger partial charge in [-0.1, -0.05) is 6.58 Å². The SMILES string of the molecule is C=C(C)C(=O)OCC(=O)OC12CC3CC(C1)C(=O)C(C3)C2. The topological polar surface area (TPSA) is 69.7 Å². The van der Waals surface area contributed by atoms with Gasteiger partial charge in [0.25, 0.3) is 0 Å². The fourth-order valence-electron chi connectivity index (χ4n) is 4.32. The lowest BCUT2D eigenvalue weighted by Crippen LogP contribution is -2.57. The van der Waals surface area contributed by atoms with E-state index in [0.29, 0.717) is 24.5 Å². The minimum Gasteiger partial charge on any atom is -0.456 e. The highest BCUT2D eigenvalue weighted by atomic mass is 16.6. The van der Waals surface area contributed by atoms with Crippen molar-refractivity contribution in [1.82, 2.24) is 0 Å². The molecule has 5 nitrogen and oxygen atoms in total. The van der Waals surface area contributed by atoms with Crippen molar-refractivity contribution in [3.8, 4) is 0 Å². The third-order valence-corrected chi connectivity index (χ3v) is 4.94. The summed E-state index contributed by atoms with van der Waals surface area (Å²) < 4.78 is 10.5. The van der Waals surface area contributed by atoms with Gasteiger partial charge in [0.1, 0.15) is 11.4 Å². The average Bonchev–Trinajstić information content (AvgIpc) is 2.40. The second-order valence-corrected chi connectivity index (χ2v) is 6.76. The van der Waals surface area contributed by atoms with E-state index in [2.05, 4.69) is 6.58 Å². The van der Waals surface area contributed by atoms with Crippen molar-refractivity contribution in [1.29, 1.82) is 0 Å². The van der Waals surface area contributed by atoms with E-state index >= 15 is 0 Å². The van der Waals surface area contributed by atoms with Crippen LogP contribution in [0.1, 0.15) is 39.0 Å². The van der Waals surface area contributed by atoms with Crippen molar-refractivity contribution in [3.05, 3.63) is 12.2 Å². The number of ketones is 1. The summed E-state index contributed by atoms with van der Waals surface area (Å²) in [6.45, 7) is 4.60. The molecule has 4 aliphatic rings. The van der Waals surface area contributed by atoms with Crippen LogP contribution in [-0.2, 0) is 23.9 Å². The number of hydrogen-bond acceptors (Lipinski definition) is 5. The van der Waals surface area contributed by atoms with Crippen LogP contribution < -0.4 is 0 Å². The molecule has 0 N–H and O–H groups in total. The lowest BCUT2D eigenvalue weighted by Gasteiger charge is -2.54. The smallest absolute Gasteiger partial charge is 0.344 e. The predicted octanol–water partition coefficient (Wildman–Crippen LogP) is 1.80. The largest absolute Gasteiger partial charge is 0.456 e. The van der Waals surface area contributed by atoms with Crippen LogP contribution in [-0.4, -0.2) is 29.9 Å². The fraction of sp³-hybridized carbons (Fsp3) is 0.688. The Morgan fingerprint density at radius 1 is 1.24 bits per heavy atom. The van der Waals surface area contributed by atoms with E-state index in [1.807, 2.05) is 0 Å². The Labute approximate surface area is 123 Å². The fourth-order valence-corrected chi connectivity index (χ4v) is 4.32. The van der Waals surface area contributed by atoms with Crippen molar-refractivity contribution in [2.75, 3.05) is 6.61 Å². The van der Waals surface area contributed by atoms with E-state index in [0.717, 1.165) is 19.3 Å². The molecule has 4 fully saturated rings. The van der Waals surface area contributed by atoms with E-state index in [4.69, 9.17) is 9.47 Å². The number of Topliss-reactive ketones (excluding diaryl/α,β-unsaturated/α-hetero) is 1. The van der Waals surface area contributed by atoms with Gasteiger partial charge in [-0.25, -0.2) is 9.59 Å². The van der Waals surface area contributed by atoms with Gasteiger partial charge >= 0.3 is 11.9 Å². The van der Waals surface area contributed by atoms with Crippen LogP contribution in [0.5, 0.6) is 0 Å². The molecule has 0 aromatic carbocycles. The molecule has 2 atom stereocenters. The molecule has 0 heterocycles. The molecule has 0 spiro atoms. The molecule has 5 heteroatoms. The molecule has 4 aliphatic carbocycles. The first-order chi connectivity index (χ1) is 9.88. The Morgan fingerprint density at radius 3 is 2.43 bits per heavy atom. The minimum absolute atomic E-state index is 0.0574. The summed E-state index contributed by atoms with van der Waals surface area (Å²) in [5.74, 6) is -0.159. The van der Waals surface area contributed by atoms with Crippen molar-refractivity contribution >= 4 is 17.7 Å². The van der Waals surface area contributed by atoms with Gasteiger partial charge < -0.3 is 9.47 Å². The molecular weight excluding hydrogens is 272 g/mol. The van der Waals surface area contributed by atoms with E-state index in [-0.39, 0.29) is 24.0 Å². The third kappa shape index (κ3) is 2.61. The highest BCUT2D eigenvalue weighted by Gasteiger charge is 2.57. The van der Waals surface area contributed by atoms with Crippen molar-refractivity contribution in [3.63, 3.8) is 0 Å². The highest BCUT2D eigenvalue weighted by Crippen LogP contribution is 2.55. The van der Waals surface area contributed by atoms with Crippen LogP contribution in [0.25, 0.3) is 0 Å². The van der Waals surface area contributed by atoms with Crippen LogP contribution in [0, 0.1) is 17.8 Å². The molecule has 0 saturated heterocycles. The highest BCUT2D eigenvalue weighted by molar-refractivity contribution is 5.89. The summed E-state index contributed by atoms with van der Waals surface area (Å²) in [6.07, 6.45) is 4.00. The monoisotopic (exact) mass is 292 g/mol. The lowest BCUT2D eigenvalue weighted by molar-refractivity contribution is -0.193. The van der Waals surface area contributed by atoms with Crippen molar-refractivity contribution < 1.29 is 23.9 Å². The number of carbonyl (C=O) groups excluding carboxylic acids is 3. The number of esters is 2. The maximum atomic E-state index is 12.1. The Hall–Kier alpha value is -1.65. The summed E-state index contributed by atoms with van der Waals surface area (Å²) in [6, 6.07) is 0. The first-order valence-electron chi connectivity index (χ1n) is 7.47. The van der Waals surface area contributed by atoms with Crippen molar-refractivity contribution in [2.24, 2.45) is 17.8 Å². The summed E-state index contributed by atoms with van der Waals surface area (Å²) in [7, 11) is 0. The lowest BCUT2D eigenvalue weighted by atomic mass is 9.53. The van der Waals surface area contributed by atoms with Gasteiger partial charge in [-0.05, 0) is 44.9 Å². The number of rotatable bonds is 4. The molecule has 4 bridgehead atoms. The van der Waals surface area contributed by atoms with Gasteiger partial charge in [0.2, 0.25) is 0 Å². The van der Waals surface area contributed by atoms with Crippen LogP contribution >= 0.6 is 0 Å². The molecule has 0 radical (unpaired) electrons. The quantitative estimate of drug-likeness (QED) is 0.583. The van der Waals surface area contributed by atoms with E-state index in [9.17, 15) is 14.4 Å². The summed E-state index contributed by atoms with van der Waals surface area (Å²) >= 11 is 0. The van der Waals surface area contributed by atoms with Gasteiger partial charge in [0.05, 0.1) is 0 Å². The molecule has 0 aromatic heterocycles. The predicted molar refractivity (Wildman–Crippen MR) is 73.2 cm³/mol. The number of hydrogen-bond donors (Lipinski definition) is 0. The first-order valence-corrected chi connectivity index (χ1v) is 7.47. The van der Waals surface area contributed by atoms with E-state index < -0.39 is 17.5 Å². The first kappa shape index (κ1) is 14.3. The summed E-state index contributed by atoms with van der Waals surface area (Å²) in [5.41, 5.74) is -0.250. The minimum atomic E-state index is -0.590. The molecule has 0 aliphatic heterocycles. The second kappa shape index (κ2) is 4.97. The van der Waals surface area contributed by atoms with E-state index in [1.165, 1.54) is 6.92 Å². The standard InChI is InChI=1S/C16H20O5/c1-9(2)15(19)20-8-13(17)21-16-5-10-3-11(6-16)14(18)12(4-10)7-16/h10-12H,1,3-8H2,2H3. The molecule has 2 unspecified atom stereocenters. The molecular formula is C16H20O5. The summed E-state index contributed by atoms with van der Waals surface area (Å²) in [4.78, 5) is 35.3. The molecule has 0 aromatic rings. The molecule has 4 rings (SSSR count). The van der Waals surface area contributed by atoms with Gasteiger partial charge in [-0.15, -0.1) is 0 Å². The summed E-state index contributed by atoms with van der Waals surface area (Å²) in [5, 5.41) is 0. The normalized spacial score (nSPS) is 36.4. The Bertz CT molecular complexity index is 503. The molecule has 0 amide bonds. The van der Waals surface area contributed by atoms with Crippen LogP contribution in [0.15, 0.2) is 12.2 Å². The zero-order chi connectivity index (χ0) is 15.2. The molecule has 21 heavy (non-hydrogen) atoms. The van der Waals surface area contributed by atoms with Crippen LogP contribution in [0.4, 0.5) is 0 Å². The molecule has 114 valence electrons. The number of carbonyl (C=O) groups is 3. The zero-order valence-corrected chi connectivity index (χ0v) is 12.2. The zero-order valence-electron chi connectivity index (χ0n) is 12.2. The molecule has 4 saturated carbocycles. The second-order valence-electron chi connectivity index (χ2n) is 6.76. The maximum Gasteiger partial charge on any atom is 0.344 e. The van der Waals surface area contributed by atoms with Gasteiger partial charge in [0, 0.05) is 17.4 Å². The van der Waals surface area contributed by atoms with Crippen molar-refractivity contribution in [2.45, 2.75) is 44.6 Å². The van der Waals surface area contributed by atoms with Gasteiger partial charge in [0.15, 0.2) is 6.61 Å². The number of ether oxygens (including phenoxy) is 2. The van der Waals surface area contributed by atoms with Crippen LogP contribution in [0.3, 0.4) is 0 Å². The Balaban J connectivity index is 1.60. The van der Waals surface area contributed by atoms with Gasteiger partial charge in [-0.3, -0.25) is 4.79 Å². The average molecular weight is 292 g/mol.